The Bertz CT molecular complexity index is 265. The molecule has 2 N–H and O–H groups in total. The van der Waals surface area contributed by atoms with Gasteiger partial charge >= 0.3 is 0 Å². The lowest BCUT2D eigenvalue weighted by Crippen LogP contribution is -2.28. The van der Waals surface area contributed by atoms with Gasteiger partial charge in [-0.05, 0) is 18.1 Å². The zero-order valence-electron chi connectivity index (χ0n) is 7.66. The predicted molar refractivity (Wildman–Crippen MR) is 57.7 cm³/mol. The molecule has 0 aliphatic carbocycles. The van der Waals surface area contributed by atoms with E-state index in [-0.39, 0.29) is 6.04 Å². The summed E-state index contributed by atoms with van der Waals surface area (Å²) < 4.78 is 6.09. The van der Waals surface area contributed by atoms with Crippen LogP contribution >= 0.6 is 15.9 Å². The maximum absolute atomic E-state index is 5.84. The van der Waals surface area contributed by atoms with Gasteiger partial charge in [0.25, 0.3) is 0 Å². The first-order valence-electron chi connectivity index (χ1n) is 4.22. The van der Waals surface area contributed by atoms with Crippen LogP contribution in [0.4, 0.5) is 0 Å². The fraction of sp³-hybridized carbons (Fsp3) is 0.400. The molecule has 0 radical (unpaired) electrons. The quantitative estimate of drug-likeness (QED) is 0.878. The highest BCUT2D eigenvalue weighted by atomic mass is 79.9. The summed E-state index contributed by atoms with van der Waals surface area (Å²) in [7, 11) is 1.67. The Morgan fingerprint density at radius 1 is 1.46 bits per heavy atom. The van der Waals surface area contributed by atoms with E-state index >= 15 is 0 Å². The average molecular weight is 244 g/mol. The summed E-state index contributed by atoms with van der Waals surface area (Å²) in [4.78, 5) is 0. The molecule has 1 atom stereocenters. The molecule has 1 rings (SSSR count). The molecule has 1 aromatic carbocycles. The van der Waals surface area contributed by atoms with Gasteiger partial charge in [-0.3, -0.25) is 0 Å². The summed E-state index contributed by atoms with van der Waals surface area (Å²) in [5.41, 5.74) is 7.07. The van der Waals surface area contributed by atoms with Crippen LogP contribution < -0.4 is 5.73 Å². The van der Waals surface area contributed by atoms with Crippen molar-refractivity contribution in [1.29, 1.82) is 0 Å². The third kappa shape index (κ3) is 3.46. The Morgan fingerprint density at radius 2 is 2.15 bits per heavy atom. The number of rotatable bonds is 4. The van der Waals surface area contributed by atoms with Gasteiger partial charge < -0.3 is 10.5 Å². The second kappa shape index (κ2) is 5.37. The number of benzene rings is 1. The number of halogens is 1. The lowest BCUT2D eigenvalue weighted by atomic mass is 10.1. The summed E-state index contributed by atoms with van der Waals surface area (Å²) in [5, 5.41) is 0. The Morgan fingerprint density at radius 3 is 2.77 bits per heavy atom. The van der Waals surface area contributed by atoms with Crippen molar-refractivity contribution >= 4 is 15.9 Å². The first-order chi connectivity index (χ1) is 6.24. The van der Waals surface area contributed by atoms with Crippen LogP contribution in [0.1, 0.15) is 5.56 Å². The maximum atomic E-state index is 5.84. The van der Waals surface area contributed by atoms with Crippen molar-refractivity contribution in [3.63, 3.8) is 0 Å². The smallest absolute Gasteiger partial charge is 0.0616 e. The predicted octanol–water partition coefficient (Wildman–Crippen LogP) is 1.97. The Hall–Kier alpha value is -0.380. The van der Waals surface area contributed by atoms with Crippen LogP contribution in [0.2, 0.25) is 0 Å². The van der Waals surface area contributed by atoms with Crippen LogP contribution in [-0.4, -0.2) is 19.8 Å². The lowest BCUT2D eigenvalue weighted by molar-refractivity contribution is 0.180. The summed E-state index contributed by atoms with van der Waals surface area (Å²) in [6.45, 7) is 0.599. The highest BCUT2D eigenvalue weighted by Gasteiger charge is 2.05. The standard InChI is InChI=1S/C10H14BrNO/c1-13-7-9(12)6-8-4-2-3-5-10(8)11/h2-5,9H,6-7,12H2,1H3. The van der Waals surface area contributed by atoms with Crippen LogP contribution in [0.25, 0.3) is 0 Å². The van der Waals surface area contributed by atoms with Crippen molar-refractivity contribution in [3.8, 4) is 0 Å². The number of ether oxygens (including phenoxy) is 1. The van der Waals surface area contributed by atoms with Gasteiger partial charge in [-0.25, -0.2) is 0 Å². The third-order valence-electron chi connectivity index (χ3n) is 1.82. The number of nitrogens with two attached hydrogens (primary N) is 1. The molecule has 0 saturated carbocycles. The van der Waals surface area contributed by atoms with Crippen LogP contribution in [0.15, 0.2) is 28.7 Å². The SMILES string of the molecule is COCC(N)Cc1ccccc1Br. The maximum Gasteiger partial charge on any atom is 0.0616 e. The lowest BCUT2D eigenvalue weighted by Gasteiger charge is -2.11. The van der Waals surface area contributed by atoms with Crippen LogP contribution in [0.3, 0.4) is 0 Å². The monoisotopic (exact) mass is 243 g/mol. The fourth-order valence-electron chi connectivity index (χ4n) is 1.22. The molecular formula is C10H14BrNO. The Balaban J connectivity index is 2.58. The van der Waals surface area contributed by atoms with Crippen molar-refractivity contribution in [1.82, 2.24) is 0 Å². The van der Waals surface area contributed by atoms with Gasteiger partial charge in [0.2, 0.25) is 0 Å². The van der Waals surface area contributed by atoms with Crippen molar-refractivity contribution in [2.75, 3.05) is 13.7 Å². The van der Waals surface area contributed by atoms with Gasteiger partial charge in [-0.2, -0.15) is 0 Å². The zero-order valence-corrected chi connectivity index (χ0v) is 9.25. The largest absolute Gasteiger partial charge is 0.383 e. The van der Waals surface area contributed by atoms with E-state index < -0.39 is 0 Å². The van der Waals surface area contributed by atoms with E-state index in [1.165, 1.54) is 5.56 Å². The van der Waals surface area contributed by atoms with Gasteiger partial charge in [0.1, 0.15) is 0 Å². The summed E-state index contributed by atoms with van der Waals surface area (Å²) >= 11 is 3.48. The molecule has 13 heavy (non-hydrogen) atoms. The summed E-state index contributed by atoms with van der Waals surface area (Å²) in [6, 6.07) is 8.17. The molecule has 1 unspecified atom stereocenters. The molecule has 72 valence electrons. The minimum Gasteiger partial charge on any atom is -0.383 e. The summed E-state index contributed by atoms with van der Waals surface area (Å²) in [6.07, 6.45) is 0.843. The second-order valence-corrected chi connectivity index (χ2v) is 3.87. The molecule has 0 aromatic heterocycles. The molecule has 0 amide bonds. The van der Waals surface area contributed by atoms with Crippen LogP contribution in [-0.2, 0) is 11.2 Å². The van der Waals surface area contributed by atoms with Crippen LogP contribution in [0, 0.1) is 0 Å². The van der Waals surface area contributed by atoms with Crippen molar-refractivity contribution in [3.05, 3.63) is 34.3 Å². The molecule has 0 aliphatic heterocycles. The van der Waals surface area contributed by atoms with E-state index in [9.17, 15) is 0 Å². The molecule has 0 spiro atoms. The van der Waals surface area contributed by atoms with Gasteiger partial charge in [0.05, 0.1) is 6.61 Å². The van der Waals surface area contributed by atoms with Crippen molar-refractivity contribution in [2.45, 2.75) is 12.5 Å². The minimum atomic E-state index is 0.0729. The topological polar surface area (TPSA) is 35.2 Å². The van der Waals surface area contributed by atoms with Gasteiger partial charge in [-0.1, -0.05) is 34.1 Å². The number of methoxy groups -OCH3 is 1. The number of hydrogen-bond acceptors (Lipinski definition) is 2. The van der Waals surface area contributed by atoms with E-state index in [1.807, 2.05) is 18.2 Å². The molecule has 0 heterocycles. The first-order valence-corrected chi connectivity index (χ1v) is 5.01. The zero-order chi connectivity index (χ0) is 9.68. The molecule has 0 bridgehead atoms. The first kappa shape index (κ1) is 10.7. The third-order valence-corrected chi connectivity index (χ3v) is 2.59. The highest BCUT2D eigenvalue weighted by Crippen LogP contribution is 2.16. The minimum absolute atomic E-state index is 0.0729. The molecule has 2 nitrogen and oxygen atoms in total. The molecule has 0 saturated heterocycles. The van der Waals surface area contributed by atoms with Crippen LogP contribution in [0.5, 0.6) is 0 Å². The Labute approximate surface area is 87.2 Å². The van der Waals surface area contributed by atoms with Crippen molar-refractivity contribution in [2.24, 2.45) is 5.73 Å². The second-order valence-electron chi connectivity index (χ2n) is 3.01. The normalized spacial score (nSPS) is 12.8. The van der Waals surface area contributed by atoms with Gasteiger partial charge in [0, 0.05) is 17.6 Å². The molecule has 1 aromatic rings. The van der Waals surface area contributed by atoms with E-state index in [0.29, 0.717) is 6.61 Å². The van der Waals surface area contributed by atoms with E-state index in [2.05, 4.69) is 22.0 Å². The van der Waals surface area contributed by atoms with Gasteiger partial charge in [0.15, 0.2) is 0 Å². The van der Waals surface area contributed by atoms with E-state index in [4.69, 9.17) is 10.5 Å². The fourth-order valence-corrected chi connectivity index (χ4v) is 1.67. The van der Waals surface area contributed by atoms with E-state index in [1.54, 1.807) is 7.11 Å². The highest BCUT2D eigenvalue weighted by molar-refractivity contribution is 9.10. The molecule has 0 fully saturated rings. The number of hydrogen-bond donors (Lipinski definition) is 1. The summed E-state index contributed by atoms with van der Waals surface area (Å²) in [5.74, 6) is 0. The average Bonchev–Trinajstić information content (AvgIpc) is 2.09. The molecular weight excluding hydrogens is 230 g/mol. The van der Waals surface area contributed by atoms with Gasteiger partial charge in [-0.15, -0.1) is 0 Å². The molecule has 0 aliphatic rings. The van der Waals surface area contributed by atoms with Crippen molar-refractivity contribution < 1.29 is 4.74 Å². The Kier molecular flexibility index (Phi) is 4.42. The molecule has 3 heteroatoms. The van der Waals surface area contributed by atoms with E-state index in [0.717, 1.165) is 10.9 Å².